The van der Waals surface area contributed by atoms with Gasteiger partial charge in [0.25, 0.3) is 0 Å². The first kappa shape index (κ1) is 54.5. The lowest BCUT2D eigenvalue weighted by molar-refractivity contribution is -0.141. The van der Waals surface area contributed by atoms with Crippen LogP contribution in [0.3, 0.4) is 0 Å². The summed E-state index contributed by atoms with van der Waals surface area (Å²) >= 11 is 1.59. The van der Waals surface area contributed by atoms with Crippen LogP contribution in [0.25, 0.3) is 43.4 Å². The van der Waals surface area contributed by atoms with Crippen molar-refractivity contribution >= 4 is 56.5 Å². The number of ether oxygens (including phenoxy) is 1. The Bertz CT molecular complexity index is 3510. The predicted octanol–water partition coefficient (Wildman–Crippen LogP) is 8.47. The number of phenols is 1. The number of amides is 2. The number of aromatic hydroxyl groups is 1. The molecule has 13 rings (SSSR count). The molecule has 3 aromatic carbocycles. The highest BCUT2D eigenvalue weighted by atomic mass is 32.1. The lowest BCUT2D eigenvalue weighted by Gasteiger charge is -2.41. The van der Waals surface area contributed by atoms with E-state index in [1.54, 1.807) is 11.3 Å². The third kappa shape index (κ3) is 10.4. The molecule has 9 heterocycles. The molecule has 5 aliphatic heterocycles. The number of aryl methyl sites for hydroxylation is 1. The average Bonchev–Trinajstić information content (AvgIpc) is 3.85. The Morgan fingerprint density at radius 1 is 0.939 bits per heavy atom. The first-order valence-corrected chi connectivity index (χ1v) is 30.6. The zero-order valence-electron chi connectivity index (χ0n) is 47.6. The van der Waals surface area contributed by atoms with E-state index in [1.807, 2.05) is 87.9 Å². The molecular formula is C63H75N11O7S. The molecule has 1 aliphatic carbocycles. The van der Waals surface area contributed by atoms with Crippen LogP contribution in [-0.4, -0.2) is 151 Å². The number of piperidine rings is 2. The second-order valence-electron chi connectivity index (χ2n) is 24.7. The van der Waals surface area contributed by atoms with Gasteiger partial charge in [0.2, 0.25) is 11.8 Å². The van der Waals surface area contributed by atoms with Crippen LogP contribution in [0, 0.1) is 18.8 Å². The summed E-state index contributed by atoms with van der Waals surface area (Å²) in [7, 11) is 0. The fourth-order valence-electron chi connectivity index (χ4n) is 14.4. The molecule has 0 radical (unpaired) electrons. The Labute approximate surface area is 482 Å². The summed E-state index contributed by atoms with van der Waals surface area (Å²) in [4.78, 5) is 57.7. The molecule has 3 unspecified atom stereocenters. The van der Waals surface area contributed by atoms with Gasteiger partial charge in [-0.25, -0.2) is 4.98 Å². The van der Waals surface area contributed by atoms with Crippen LogP contribution in [0.1, 0.15) is 125 Å². The molecule has 18 nitrogen and oxygen atoms in total. The molecule has 0 saturated carbocycles. The number of likely N-dealkylation sites (tertiary alicyclic amines) is 2. The maximum Gasteiger partial charge on any atom is 0.319 e. The Hall–Kier alpha value is -6.77. The molecule has 0 spiro atoms. The number of carbonyl (C=O) groups is 2. The molecule has 82 heavy (non-hydrogen) atoms. The minimum atomic E-state index is -0.824. The molecule has 2 amide bonds. The summed E-state index contributed by atoms with van der Waals surface area (Å²) in [6.07, 6.45) is 7.46. The van der Waals surface area contributed by atoms with Crippen molar-refractivity contribution in [2.45, 2.75) is 134 Å². The smallest absolute Gasteiger partial charge is 0.319 e. The van der Waals surface area contributed by atoms with Gasteiger partial charge in [-0.3, -0.25) is 19.5 Å². The quantitative estimate of drug-likeness (QED) is 0.0650. The first-order valence-electron chi connectivity index (χ1n) is 29.7. The van der Waals surface area contributed by atoms with E-state index < -0.39 is 23.7 Å². The van der Waals surface area contributed by atoms with Crippen molar-refractivity contribution in [1.82, 2.24) is 45.5 Å². The van der Waals surface area contributed by atoms with Gasteiger partial charge < -0.3 is 49.9 Å². The van der Waals surface area contributed by atoms with Crippen molar-refractivity contribution in [3.8, 4) is 33.5 Å². The van der Waals surface area contributed by atoms with Gasteiger partial charge in [-0.15, -0.1) is 11.3 Å². The molecule has 19 heteroatoms. The normalized spacial score (nSPS) is 23.4. The summed E-state index contributed by atoms with van der Waals surface area (Å²) in [5, 5.41) is 48.0. The van der Waals surface area contributed by atoms with E-state index in [-0.39, 0.29) is 48.4 Å². The standard InChI is InChI=1S/C63H75N11O7S/c1-35(2)53(61(78)74-33-46(76)27-50(74)60(77)66-37(4)40-9-11-41(12-10-40)58-38(5)65-34-82-58)51-28-52(70-81-51)72-19-15-39(16-20-72)29-63(79)17-21-71(22-18-63)23-24-80-62-68-57-49(59(69-62)73-31-43-13-14-44(32-73)67-43)30-64-56-48-26-45(75)25-42-7-6-8-47(55(42)48)36(3)54(56)57/h6-12,25-26,28,30,34-37,39,43-44,46,50,53,67,75-76,79H,13-24,27,29,31-33H2,1-5H3,(H,66,77)/t36?,37-,43?,44?,46+,50-,53-/m0/s1. The predicted molar refractivity (Wildman–Crippen MR) is 316 cm³/mol. The topological polar surface area (TPSA) is 219 Å². The number of phenolic OH excluding ortho intramolecular Hbond substituents is 1. The van der Waals surface area contributed by atoms with Crippen molar-refractivity contribution < 1.29 is 34.2 Å². The average molecular weight is 1130 g/mol. The van der Waals surface area contributed by atoms with Crippen molar-refractivity contribution in [1.29, 1.82) is 0 Å². The van der Waals surface area contributed by atoms with Gasteiger partial charge in [0.15, 0.2) is 11.6 Å². The van der Waals surface area contributed by atoms with Gasteiger partial charge in [0.05, 0.1) is 50.4 Å². The number of hydrogen-bond donors (Lipinski definition) is 5. The van der Waals surface area contributed by atoms with Crippen molar-refractivity contribution in [3.63, 3.8) is 0 Å². The summed E-state index contributed by atoms with van der Waals surface area (Å²) in [5.41, 5.74) is 8.88. The Kier molecular flexibility index (Phi) is 14.7. The summed E-state index contributed by atoms with van der Waals surface area (Å²) < 4.78 is 12.5. The van der Waals surface area contributed by atoms with Gasteiger partial charge in [-0.05, 0) is 110 Å². The molecule has 430 valence electrons. The lowest BCUT2D eigenvalue weighted by atomic mass is 9.79. The highest BCUT2D eigenvalue weighted by molar-refractivity contribution is 7.13. The number of pyridine rings is 1. The number of anilines is 2. The number of β-amino-alcohol motifs (C(OH)–C–C–N with tert-alkyl or cyclic N) is 1. The second kappa shape index (κ2) is 22.1. The van der Waals surface area contributed by atoms with E-state index in [0.29, 0.717) is 61.6 Å². The number of hydrogen-bond acceptors (Lipinski definition) is 17. The zero-order chi connectivity index (χ0) is 56.6. The van der Waals surface area contributed by atoms with E-state index in [9.17, 15) is 24.9 Å². The molecule has 2 bridgehead atoms. The minimum Gasteiger partial charge on any atom is -0.508 e. The van der Waals surface area contributed by atoms with Crippen LogP contribution in [0.2, 0.25) is 0 Å². The van der Waals surface area contributed by atoms with E-state index in [1.165, 1.54) is 10.5 Å². The molecule has 7 atom stereocenters. The molecule has 5 N–H and O–H groups in total. The third-order valence-electron chi connectivity index (χ3n) is 18.8. The molecule has 5 fully saturated rings. The Morgan fingerprint density at radius 2 is 1.71 bits per heavy atom. The summed E-state index contributed by atoms with van der Waals surface area (Å²) in [6.45, 7) is 16.0. The number of aromatic nitrogens is 5. The highest BCUT2D eigenvalue weighted by Crippen LogP contribution is 2.49. The number of thiazole rings is 1. The molecule has 7 aromatic rings. The third-order valence-corrected chi connectivity index (χ3v) is 19.8. The number of fused-ring (bicyclic) bond motifs is 6. The minimum absolute atomic E-state index is 0.00533. The maximum atomic E-state index is 14.5. The van der Waals surface area contributed by atoms with Gasteiger partial charge in [0.1, 0.15) is 30.1 Å². The highest BCUT2D eigenvalue weighted by Gasteiger charge is 2.44. The van der Waals surface area contributed by atoms with Crippen molar-refractivity contribution in [3.05, 3.63) is 101 Å². The monoisotopic (exact) mass is 1130 g/mol. The number of nitrogens with zero attached hydrogens (tertiary/aromatic N) is 9. The second-order valence-corrected chi connectivity index (χ2v) is 25.5. The maximum absolute atomic E-state index is 14.5. The van der Waals surface area contributed by atoms with E-state index >= 15 is 0 Å². The molecular weight excluding hydrogens is 1050 g/mol. The number of benzene rings is 3. The number of piperazine rings is 1. The van der Waals surface area contributed by atoms with Crippen LogP contribution in [0.5, 0.6) is 11.8 Å². The SMILES string of the molecule is Cc1ncsc1-c1ccc([C@H](C)NC(=O)[C@@H]2C[C@@H](O)CN2C(=O)[C@H](c2cc(N3CCC(CC4(O)CCN(CCOc5nc(N6CC7CCC(C6)N7)c6cnc7c(c6n5)C(C)c5cccc6cc(O)cc-7c56)CC4)CC3)no2)C(C)C)cc1. The van der Waals surface area contributed by atoms with E-state index in [4.69, 9.17) is 24.2 Å². The number of aliphatic hydroxyl groups excluding tert-OH is 1. The van der Waals surface area contributed by atoms with Crippen molar-refractivity contribution in [2.24, 2.45) is 11.8 Å². The molecule has 4 aromatic heterocycles. The van der Waals surface area contributed by atoms with Gasteiger partial charge in [-0.1, -0.05) is 68.4 Å². The fourth-order valence-corrected chi connectivity index (χ4v) is 15.2. The van der Waals surface area contributed by atoms with Gasteiger partial charge in [0, 0.05) is 100 Å². The number of rotatable bonds is 15. The van der Waals surface area contributed by atoms with Crippen LogP contribution >= 0.6 is 11.3 Å². The largest absolute Gasteiger partial charge is 0.508 e. The number of aliphatic hydroxyl groups is 2. The number of carbonyl (C=O) groups excluding carboxylic acids is 2. The van der Waals surface area contributed by atoms with Crippen LogP contribution in [-0.2, 0) is 9.59 Å². The Morgan fingerprint density at radius 3 is 2.44 bits per heavy atom. The molecule has 5 saturated heterocycles. The lowest BCUT2D eigenvalue weighted by Crippen LogP contribution is -2.51. The Balaban J connectivity index is 0.611. The van der Waals surface area contributed by atoms with Crippen LogP contribution in [0.4, 0.5) is 11.6 Å². The summed E-state index contributed by atoms with van der Waals surface area (Å²) in [5.74, 6) is 1.14. The zero-order valence-corrected chi connectivity index (χ0v) is 48.4. The number of nitrogens with one attached hydrogen (secondary N) is 2. The molecule has 6 aliphatic rings. The summed E-state index contributed by atoms with van der Waals surface area (Å²) in [6, 6.07) is 19.9. The van der Waals surface area contributed by atoms with E-state index in [0.717, 1.165) is 137 Å². The fraction of sp³-hybridized carbons (Fsp3) is 0.508. The van der Waals surface area contributed by atoms with Crippen molar-refractivity contribution in [2.75, 3.05) is 68.8 Å². The van der Waals surface area contributed by atoms with Crippen LogP contribution in [0.15, 0.2) is 76.9 Å². The first-order chi connectivity index (χ1) is 39.6. The van der Waals surface area contributed by atoms with Gasteiger partial charge >= 0.3 is 6.01 Å². The van der Waals surface area contributed by atoms with Crippen LogP contribution < -0.4 is 25.2 Å². The van der Waals surface area contributed by atoms with Gasteiger partial charge in [-0.2, -0.15) is 9.97 Å². The van der Waals surface area contributed by atoms with E-state index in [2.05, 4.69) is 54.5 Å².